The summed E-state index contributed by atoms with van der Waals surface area (Å²) in [5.74, 6) is -0.0642. The summed E-state index contributed by atoms with van der Waals surface area (Å²) in [6.07, 6.45) is 0. The van der Waals surface area contributed by atoms with Crippen molar-refractivity contribution in [1.82, 2.24) is 15.5 Å². The number of carbonyl (C=O) groups is 2. The number of amides is 2. The highest BCUT2D eigenvalue weighted by atomic mass is 16.2. The van der Waals surface area contributed by atoms with E-state index >= 15 is 0 Å². The Hall–Kier alpha value is -1.88. The van der Waals surface area contributed by atoms with Crippen LogP contribution in [-0.4, -0.2) is 44.4 Å². The maximum absolute atomic E-state index is 11.8. The minimum absolute atomic E-state index is 0.0211. The molecule has 1 aromatic rings. The van der Waals surface area contributed by atoms with E-state index in [-0.39, 0.29) is 17.7 Å². The zero-order chi connectivity index (χ0) is 15.1. The zero-order valence-corrected chi connectivity index (χ0v) is 12.6. The highest BCUT2D eigenvalue weighted by Crippen LogP contribution is 2.06. The van der Waals surface area contributed by atoms with Crippen molar-refractivity contribution >= 4 is 11.8 Å². The lowest BCUT2D eigenvalue weighted by Crippen LogP contribution is -2.33. The smallest absolute Gasteiger partial charge is 0.253 e. The molecule has 1 atom stereocenters. The summed E-state index contributed by atoms with van der Waals surface area (Å²) < 4.78 is 0. The summed E-state index contributed by atoms with van der Waals surface area (Å²) >= 11 is 0. The lowest BCUT2D eigenvalue weighted by molar-refractivity contribution is -0.124. The Balaban J connectivity index is 2.54. The van der Waals surface area contributed by atoms with Gasteiger partial charge in [0.25, 0.3) is 5.91 Å². The lowest BCUT2D eigenvalue weighted by Gasteiger charge is -2.12. The molecule has 20 heavy (non-hydrogen) atoms. The average Bonchev–Trinajstić information content (AvgIpc) is 2.44. The number of hydrogen-bond donors (Lipinski definition) is 2. The maximum atomic E-state index is 11.8. The van der Waals surface area contributed by atoms with Gasteiger partial charge in [-0.1, -0.05) is 19.1 Å². The van der Waals surface area contributed by atoms with Crippen molar-refractivity contribution in [2.24, 2.45) is 5.92 Å². The molecule has 0 aliphatic carbocycles. The molecule has 2 N–H and O–H groups in total. The van der Waals surface area contributed by atoms with E-state index in [0.29, 0.717) is 18.7 Å². The van der Waals surface area contributed by atoms with Crippen molar-refractivity contribution < 1.29 is 9.59 Å². The Kier molecular flexibility index (Phi) is 6.18. The van der Waals surface area contributed by atoms with Crippen LogP contribution in [0.5, 0.6) is 0 Å². The minimum atomic E-state index is -0.0606. The topological polar surface area (TPSA) is 61.4 Å². The van der Waals surface area contributed by atoms with Gasteiger partial charge in [-0.3, -0.25) is 9.59 Å². The third kappa shape index (κ3) is 4.66. The number of rotatable bonds is 6. The molecule has 5 nitrogen and oxygen atoms in total. The SMILES string of the molecule is CNCC(C)C(=O)NCc1ccc(C(=O)N(C)C)cc1. The summed E-state index contributed by atoms with van der Waals surface area (Å²) in [5, 5.41) is 5.85. The number of benzene rings is 1. The van der Waals surface area contributed by atoms with Crippen LogP contribution in [0.3, 0.4) is 0 Å². The predicted molar refractivity (Wildman–Crippen MR) is 79.4 cm³/mol. The monoisotopic (exact) mass is 277 g/mol. The molecule has 0 aliphatic heterocycles. The van der Waals surface area contributed by atoms with Gasteiger partial charge in [-0.05, 0) is 24.7 Å². The van der Waals surface area contributed by atoms with Crippen LogP contribution in [0.15, 0.2) is 24.3 Å². The molecule has 0 saturated carbocycles. The van der Waals surface area contributed by atoms with E-state index in [0.717, 1.165) is 5.56 Å². The van der Waals surface area contributed by atoms with E-state index in [9.17, 15) is 9.59 Å². The van der Waals surface area contributed by atoms with Crippen LogP contribution in [-0.2, 0) is 11.3 Å². The lowest BCUT2D eigenvalue weighted by atomic mass is 10.1. The van der Waals surface area contributed by atoms with Crippen LogP contribution in [0, 0.1) is 5.92 Å². The van der Waals surface area contributed by atoms with Gasteiger partial charge in [0, 0.05) is 38.7 Å². The van der Waals surface area contributed by atoms with Gasteiger partial charge in [0.05, 0.1) is 0 Å². The predicted octanol–water partition coefficient (Wildman–Crippen LogP) is 0.860. The minimum Gasteiger partial charge on any atom is -0.352 e. The van der Waals surface area contributed by atoms with Gasteiger partial charge in [0.1, 0.15) is 0 Å². The molecule has 0 aromatic heterocycles. The summed E-state index contributed by atoms with van der Waals surface area (Å²) in [7, 11) is 5.27. The molecular weight excluding hydrogens is 254 g/mol. The molecule has 0 heterocycles. The van der Waals surface area contributed by atoms with Crippen LogP contribution in [0.25, 0.3) is 0 Å². The van der Waals surface area contributed by atoms with Crippen molar-refractivity contribution in [3.05, 3.63) is 35.4 Å². The van der Waals surface area contributed by atoms with Crippen molar-refractivity contribution in [1.29, 1.82) is 0 Å². The van der Waals surface area contributed by atoms with Crippen LogP contribution < -0.4 is 10.6 Å². The Morgan fingerprint density at radius 3 is 2.30 bits per heavy atom. The number of hydrogen-bond acceptors (Lipinski definition) is 3. The van der Waals surface area contributed by atoms with Gasteiger partial charge in [0.15, 0.2) is 0 Å². The van der Waals surface area contributed by atoms with Gasteiger partial charge in [-0.2, -0.15) is 0 Å². The highest BCUT2D eigenvalue weighted by molar-refractivity contribution is 5.93. The Labute approximate surface area is 120 Å². The zero-order valence-electron chi connectivity index (χ0n) is 12.6. The average molecular weight is 277 g/mol. The molecule has 0 spiro atoms. The van der Waals surface area contributed by atoms with Crippen molar-refractivity contribution in [3.8, 4) is 0 Å². The van der Waals surface area contributed by atoms with Crippen LogP contribution in [0.2, 0.25) is 0 Å². The van der Waals surface area contributed by atoms with E-state index < -0.39 is 0 Å². The van der Waals surface area contributed by atoms with Gasteiger partial charge in [0.2, 0.25) is 5.91 Å². The highest BCUT2D eigenvalue weighted by Gasteiger charge is 2.11. The number of carbonyl (C=O) groups excluding carboxylic acids is 2. The molecule has 1 aromatic carbocycles. The normalized spacial score (nSPS) is 11.8. The molecule has 110 valence electrons. The maximum Gasteiger partial charge on any atom is 0.253 e. The summed E-state index contributed by atoms with van der Waals surface area (Å²) in [5.41, 5.74) is 1.62. The molecule has 2 amide bonds. The standard InChI is InChI=1S/C15H23N3O2/c1-11(9-16-2)14(19)17-10-12-5-7-13(8-6-12)15(20)18(3)4/h5-8,11,16H,9-10H2,1-4H3,(H,17,19). The van der Waals surface area contributed by atoms with Gasteiger partial charge in [-0.15, -0.1) is 0 Å². The van der Waals surface area contributed by atoms with E-state index in [1.165, 1.54) is 4.90 Å². The van der Waals surface area contributed by atoms with E-state index in [2.05, 4.69) is 10.6 Å². The fraction of sp³-hybridized carbons (Fsp3) is 0.467. The molecule has 0 aliphatic rings. The molecule has 0 bridgehead atoms. The number of nitrogens with zero attached hydrogens (tertiary/aromatic N) is 1. The van der Waals surface area contributed by atoms with Crippen molar-refractivity contribution in [2.75, 3.05) is 27.7 Å². The van der Waals surface area contributed by atoms with E-state index in [1.807, 2.05) is 26.1 Å². The first-order valence-electron chi connectivity index (χ1n) is 6.68. The first kappa shape index (κ1) is 16.2. The molecule has 1 rings (SSSR count). The second-order valence-corrected chi connectivity index (χ2v) is 5.07. The van der Waals surface area contributed by atoms with Crippen molar-refractivity contribution in [3.63, 3.8) is 0 Å². The second kappa shape index (κ2) is 7.65. The quantitative estimate of drug-likeness (QED) is 0.811. The third-order valence-electron chi connectivity index (χ3n) is 3.03. The molecule has 0 radical (unpaired) electrons. The van der Waals surface area contributed by atoms with E-state index in [4.69, 9.17) is 0 Å². The molecule has 0 fully saturated rings. The van der Waals surface area contributed by atoms with Crippen LogP contribution >= 0.6 is 0 Å². The molecule has 5 heteroatoms. The Bertz CT molecular complexity index is 455. The van der Waals surface area contributed by atoms with Crippen molar-refractivity contribution in [2.45, 2.75) is 13.5 Å². The fourth-order valence-corrected chi connectivity index (χ4v) is 1.79. The molecular formula is C15H23N3O2. The van der Waals surface area contributed by atoms with E-state index in [1.54, 1.807) is 26.2 Å². The largest absolute Gasteiger partial charge is 0.352 e. The third-order valence-corrected chi connectivity index (χ3v) is 3.03. The second-order valence-electron chi connectivity index (χ2n) is 5.07. The number of nitrogens with one attached hydrogen (secondary N) is 2. The first-order chi connectivity index (χ1) is 9.45. The van der Waals surface area contributed by atoms with Crippen LogP contribution in [0.1, 0.15) is 22.8 Å². The molecule has 1 unspecified atom stereocenters. The van der Waals surface area contributed by atoms with Gasteiger partial charge >= 0.3 is 0 Å². The summed E-state index contributed by atoms with van der Waals surface area (Å²) in [4.78, 5) is 25.0. The van der Waals surface area contributed by atoms with Crippen LogP contribution in [0.4, 0.5) is 0 Å². The molecule has 0 saturated heterocycles. The Morgan fingerprint density at radius 1 is 1.20 bits per heavy atom. The summed E-state index contributed by atoms with van der Waals surface area (Å²) in [6.45, 7) is 3.01. The Morgan fingerprint density at radius 2 is 1.80 bits per heavy atom. The fourth-order valence-electron chi connectivity index (χ4n) is 1.79. The first-order valence-corrected chi connectivity index (χ1v) is 6.68. The summed E-state index contributed by atoms with van der Waals surface area (Å²) in [6, 6.07) is 7.28. The van der Waals surface area contributed by atoms with Gasteiger partial charge < -0.3 is 15.5 Å². The van der Waals surface area contributed by atoms with Gasteiger partial charge in [-0.25, -0.2) is 0 Å².